The van der Waals surface area contributed by atoms with Crippen LogP contribution in [0.3, 0.4) is 0 Å². The van der Waals surface area contributed by atoms with Crippen LogP contribution in [0.25, 0.3) is 0 Å². The summed E-state index contributed by atoms with van der Waals surface area (Å²) in [6.07, 6.45) is 0.934. The highest BCUT2D eigenvalue weighted by molar-refractivity contribution is 6.04. The molecule has 2 aromatic rings. The fraction of sp³-hybridized carbons (Fsp3) is 0.333. The minimum atomic E-state index is -0.432. The lowest BCUT2D eigenvalue weighted by Gasteiger charge is -2.07. The number of carbonyl (C=O) groups excluding carboxylic acids is 2. The van der Waals surface area contributed by atoms with Gasteiger partial charge in [0.2, 0.25) is 0 Å². The van der Waals surface area contributed by atoms with Crippen molar-refractivity contribution in [1.29, 1.82) is 0 Å². The molecule has 4 nitrogen and oxygen atoms in total. The van der Waals surface area contributed by atoms with Crippen LogP contribution in [0, 0.1) is 0 Å². The zero-order valence-electron chi connectivity index (χ0n) is 16.1. The molecule has 0 unspecified atom stereocenters. The highest BCUT2D eigenvalue weighted by atomic mass is 16.5. The van der Waals surface area contributed by atoms with Crippen molar-refractivity contribution in [2.24, 2.45) is 0 Å². The summed E-state index contributed by atoms with van der Waals surface area (Å²) >= 11 is 0. The minimum absolute atomic E-state index is 0.209. The molecule has 0 aromatic heterocycles. The van der Waals surface area contributed by atoms with Gasteiger partial charge in [0.25, 0.3) is 5.91 Å². The molecule has 136 valence electrons. The van der Waals surface area contributed by atoms with Gasteiger partial charge in [-0.15, -0.1) is 0 Å². The SMILES string of the molecule is CC.CC.CCc1ccc(C(=O)Nc2cccc(C(=O)OC)c2)cc1. The number of nitrogens with one attached hydrogen (secondary N) is 1. The number of hydrogen-bond acceptors (Lipinski definition) is 3. The predicted octanol–water partition coefficient (Wildman–Crippen LogP) is 5.34. The number of anilines is 1. The third kappa shape index (κ3) is 7.21. The fourth-order valence-corrected chi connectivity index (χ4v) is 1.94. The molecular formula is C21H29NO3. The first kappa shape index (κ1) is 22.4. The maximum atomic E-state index is 12.1. The Balaban J connectivity index is 0.00000134. The molecule has 0 atom stereocenters. The maximum absolute atomic E-state index is 12.1. The van der Waals surface area contributed by atoms with Crippen LogP contribution >= 0.6 is 0 Å². The van der Waals surface area contributed by atoms with Gasteiger partial charge >= 0.3 is 5.97 Å². The second-order valence-electron chi connectivity index (χ2n) is 4.58. The summed E-state index contributed by atoms with van der Waals surface area (Å²) < 4.78 is 4.65. The van der Waals surface area contributed by atoms with Crippen LogP contribution in [-0.4, -0.2) is 19.0 Å². The van der Waals surface area contributed by atoms with E-state index in [-0.39, 0.29) is 5.91 Å². The molecule has 0 fully saturated rings. The smallest absolute Gasteiger partial charge is 0.337 e. The van der Waals surface area contributed by atoms with Crippen molar-refractivity contribution in [1.82, 2.24) is 0 Å². The summed E-state index contributed by atoms with van der Waals surface area (Å²) in [5.41, 5.74) is 2.72. The van der Waals surface area contributed by atoms with Crippen molar-refractivity contribution in [2.45, 2.75) is 41.0 Å². The van der Waals surface area contributed by atoms with Gasteiger partial charge in [-0.3, -0.25) is 4.79 Å². The number of rotatable bonds is 4. The van der Waals surface area contributed by atoms with Gasteiger partial charge in [0.15, 0.2) is 0 Å². The molecule has 0 saturated heterocycles. The number of carbonyl (C=O) groups is 2. The van der Waals surface area contributed by atoms with E-state index in [4.69, 9.17) is 0 Å². The number of esters is 1. The van der Waals surface area contributed by atoms with E-state index in [0.717, 1.165) is 6.42 Å². The molecule has 0 aliphatic rings. The van der Waals surface area contributed by atoms with Crippen LogP contribution in [0.4, 0.5) is 5.69 Å². The Hall–Kier alpha value is -2.62. The Kier molecular flexibility index (Phi) is 11.4. The summed E-state index contributed by atoms with van der Waals surface area (Å²) in [7, 11) is 1.32. The molecule has 1 N–H and O–H groups in total. The lowest BCUT2D eigenvalue weighted by Crippen LogP contribution is -2.12. The Morgan fingerprint density at radius 2 is 1.52 bits per heavy atom. The topological polar surface area (TPSA) is 55.4 Å². The first-order chi connectivity index (χ1) is 12.1. The van der Waals surface area contributed by atoms with E-state index >= 15 is 0 Å². The van der Waals surface area contributed by atoms with Gasteiger partial charge in [0.05, 0.1) is 12.7 Å². The van der Waals surface area contributed by atoms with Crippen LogP contribution in [-0.2, 0) is 11.2 Å². The Labute approximate surface area is 151 Å². The van der Waals surface area contributed by atoms with Crippen LogP contribution in [0.5, 0.6) is 0 Å². The van der Waals surface area contributed by atoms with Crippen molar-refractivity contribution < 1.29 is 14.3 Å². The van der Waals surface area contributed by atoms with Crippen molar-refractivity contribution in [2.75, 3.05) is 12.4 Å². The summed E-state index contributed by atoms with van der Waals surface area (Å²) in [4.78, 5) is 23.6. The van der Waals surface area contributed by atoms with Gasteiger partial charge in [-0.25, -0.2) is 4.79 Å². The number of amides is 1. The Morgan fingerprint density at radius 3 is 2.04 bits per heavy atom. The van der Waals surface area contributed by atoms with E-state index < -0.39 is 5.97 Å². The molecule has 2 rings (SSSR count). The monoisotopic (exact) mass is 343 g/mol. The molecule has 0 spiro atoms. The summed E-state index contributed by atoms with van der Waals surface area (Å²) in [6.45, 7) is 10.1. The van der Waals surface area contributed by atoms with Crippen LogP contribution in [0.2, 0.25) is 0 Å². The molecule has 4 heteroatoms. The van der Waals surface area contributed by atoms with E-state index in [1.165, 1.54) is 12.7 Å². The number of methoxy groups -OCH3 is 1. The lowest BCUT2D eigenvalue weighted by atomic mass is 10.1. The van der Waals surface area contributed by atoms with Crippen molar-refractivity contribution in [3.63, 3.8) is 0 Å². The molecule has 0 radical (unpaired) electrons. The van der Waals surface area contributed by atoms with Gasteiger partial charge in [0.1, 0.15) is 0 Å². The second-order valence-corrected chi connectivity index (χ2v) is 4.58. The van der Waals surface area contributed by atoms with Gasteiger partial charge in [-0.1, -0.05) is 52.8 Å². The molecule has 0 bridgehead atoms. The normalized spacial score (nSPS) is 8.88. The van der Waals surface area contributed by atoms with E-state index in [1.807, 2.05) is 39.8 Å². The second kappa shape index (κ2) is 12.8. The summed E-state index contributed by atoms with van der Waals surface area (Å²) in [6, 6.07) is 14.1. The van der Waals surface area contributed by atoms with E-state index in [9.17, 15) is 9.59 Å². The number of hydrogen-bond donors (Lipinski definition) is 1. The molecular weight excluding hydrogens is 314 g/mol. The third-order valence-corrected chi connectivity index (χ3v) is 3.17. The number of ether oxygens (including phenoxy) is 1. The van der Waals surface area contributed by atoms with E-state index in [1.54, 1.807) is 36.4 Å². The number of aryl methyl sites for hydroxylation is 1. The molecule has 0 aliphatic heterocycles. The summed E-state index contributed by atoms with van der Waals surface area (Å²) in [5, 5.41) is 2.77. The van der Waals surface area contributed by atoms with Gasteiger partial charge in [0, 0.05) is 11.3 Å². The molecule has 0 heterocycles. The van der Waals surface area contributed by atoms with Gasteiger partial charge in [-0.05, 0) is 42.3 Å². The first-order valence-corrected chi connectivity index (χ1v) is 8.72. The van der Waals surface area contributed by atoms with Crippen LogP contribution < -0.4 is 5.32 Å². The Morgan fingerprint density at radius 1 is 0.920 bits per heavy atom. The van der Waals surface area contributed by atoms with Crippen molar-refractivity contribution in [3.8, 4) is 0 Å². The molecule has 25 heavy (non-hydrogen) atoms. The zero-order chi connectivity index (χ0) is 19.2. The van der Waals surface area contributed by atoms with Crippen molar-refractivity contribution >= 4 is 17.6 Å². The van der Waals surface area contributed by atoms with Crippen LogP contribution in [0.1, 0.15) is 60.9 Å². The first-order valence-electron chi connectivity index (χ1n) is 8.72. The summed E-state index contributed by atoms with van der Waals surface area (Å²) in [5.74, 6) is -0.641. The molecule has 2 aromatic carbocycles. The fourth-order valence-electron chi connectivity index (χ4n) is 1.94. The average molecular weight is 343 g/mol. The van der Waals surface area contributed by atoms with E-state index in [2.05, 4.69) is 17.0 Å². The standard InChI is InChI=1S/C17H17NO3.2C2H6/c1-3-12-7-9-13(10-8-12)16(19)18-15-6-4-5-14(11-15)17(20)21-2;2*1-2/h4-11H,3H2,1-2H3,(H,18,19);2*1-2H3. The van der Waals surface area contributed by atoms with Crippen LogP contribution in [0.15, 0.2) is 48.5 Å². The highest BCUT2D eigenvalue weighted by Gasteiger charge is 2.09. The minimum Gasteiger partial charge on any atom is -0.465 e. The Bertz CT molecular complexity index is 648. The molecule has 0 aliphatic carbocycles. The maximum Gasteiger partial charge on any atom is 0.337 e. The van der Waals surface area contributed by atoms with Crippen molar-refractivity contribution in [3.05, 3.63) is 65.2 Å². The molecule has 1 amide bonds. The largest absolute Gasteiger partial charge is 0.465 e. The third-order valence-electron chi connectivity index (χ3n) is 3.17. The van der Waals surface area contributed by atoms with Gasteiger partial charge in [-0.2, -0.15) is 0 Å². The zero-order valence-corrected chi connectivity index (χ0v) is 16.1. The van der Waals surface area contributed by atoms with Gasteiger partial charge < -0.3 is 10.1 Å². The molecule has 0 saturated carbocycles. The highest BCUT2D eigenvalue weighted by Crippen LogP contribution is 2.13. The quantitative estimate of drug-likeness (QED) is 0.762. The lowest BCUT2D eigenvalue weighted by molar-refractivity contribution is 0.0600. The predicted molar refractivity (Wildman–Crippen MR) is 104 cm³/mol. The number of benzene rings is 2. The average Bonchev–Trinajstić information content (AvgIpc) is 2.70. The van der Waals surface area contributed by atoms with E-state index in [0.29, 0.717) is 16.8 Å².